The Morgan fingerprint density at radius 2 is 1.85 bits per heavy atom. The molecule has 6 heteroatoms. The molecule has 0 bridgehead atoms. The van der Waals surface area contributed by atoms with Crippen molar-refractivity contribution in [3.63, 3.8) is 0 Å². The van der Waals surface area contributed by atoms with Gasteiger partial charge in [0.1, 0.15) is 6.61 Å². The smallest absolute Gasteiger partial charge is 0.358 e. The van der Waals surface area contributed by atoms with Crippen molar-refractivity contribution in [2.45, 2.75) is 45.4 Å². The molecule has 1 aliphatic heterocycles. The first-order valence-corrected chi connectivity index (χ1v) is 6.94. The van der Waals surface area contributed by atoms with Crippen molar-refractivity contribution in [1.82, 2.24) is 5.06 Å². The second-order valence-electron chi connectivity index (χ2n) is 4.50. The summed E-state index contributed by atoms with van der Waals surface area (Å²) < 4.78 is 5.11. The lowest BCUT2D eigenvalue weighted by molar-refractivity contribution is -0.200. The molecule has 2 amide bonds. The molecular formula is C14H21NO5. The minimum Gasteiger partial charge on any atom is -0.369 e. The summed E-state index contributed by atoms with van der Waals surface area (Å²) in [6, 6.07) is 0. The Kier molecular flexibility index (Phi) is 7.57. The maximum absolute atomic E-state index is 11.4. The molecule has 0 aromatic rings. The van der Waals surface area contributed by atoms with Crippen molar-refractivity contribution >= 4 is 17.8 Å². The third-order valence-electron chi connectivity index (χ3n) is 2.74. The van der Waals surface area contributed by atoms with E-state index in [1.807, 2.05) is 6.08 Å². The summed E-state index contributed by atoms with van der Waals surface area (Å²) in [6.45, 7) is 2.28. The van der Waals surface area contributed by atoms with Crippen LogP contribution in [0.15, 0.2) is 12.2 Å². The zero-order valence-electron chi connectivity index (χ0n) is 11.8. The van der Waals surface area contributed by atoms with Gasteiger partial charge in [0.25, 0.3) is 11.8 Å². The highest BCUT2D eigenvalue weighted by Crippen LogP contribution is 2.11. The van der Waals surface area contributed by atoms with Gasteiger partial charge in [0.2, 0.25) is 0 Å². The monoisotopic (exact) mass is 283 g/mol. The molecule has 6 nitrogen and oxygen atoms in total. The lowest BCUT2D eigenvalue weighted by atomic mass is 10.2. The van der Waals surface area contributed by atoms with E-state index in [9.17, 15) is 14.4 Å². The van der Waals surface area contributed by atoms with Crippen LogP contribution in [0.5, 0.6) is 0 Å². The van der Waals surface area contributed by atoms with Crippen LogP contribution in [0.2, 0.25) is 0 Å². The Labute approximate surface area is 118 Å². The van der Waals surface area contributed by atoms with E-state index in [1.54, 1.807) is 0 Å². The van der Waals surface area contributed by atoms with Crippen LogP contribution in [-0.2, 0) is 24.0 Å². The molecule has 0 saturated carbocycles. The molecule has 0 aromatic heterocycles. The van der Waals surface area contributed by atoms with E-state index in [0.717, 1.165) is 12.8 Å². The van der Waals surface area contributed by atoms with Crippen LogP contribution >= 0.6 is 0 Å². The Morgan fingerprint density at radius 3 is 2.50 bits per heavy atom. The number of imide groups is 1. The number of unbranched alkanes of at least 4 members (excludes halogenated alkanes) is 2. The fourth-order valence-electron chi connectivity index (χ4n) is 1.65. The Balaban J connectivity index is 2.07. The molecule has 0 unspecified atom stereocenters. The molecule has 20 heavy (non-hydrogen) atoms. The molecule has 1 aliphatic rings. The molecule has 0 aliphatic carbocycles. The number of nitrogens with zero attached hydrogens (tertiary/aromatic N) is 1. The number of carbonyl (C=O) groups excluding carboxylic acids is 3. The Hall–Kier alpha value is -1.69. The predicted octanol–water partition coefficient (Wildman–Crippen LogP) is 1.75. The largest absolute Gasteiger partial charge is 0.369 e. The minimum absolute atomic E-state index is 0.0928. The molecular weight excluding hydrogens is 262 g/mol. The van der Waals surface area contributed by atoms with Crippen molar-refractivity contribution < 1.29 is 24.0 Å². The van der Waals surface area contributed by atoms with E-state index >= 15 is 0 Å². The van der Waals surface area contributed by atoms with Crippen molar-refractivity contribution in [3.8, 4) is 0 Å². The lowest BCUT2D eigenvalue weighted by Crippen LogP contribution is -2.33. The van der Waals surface area contributed by atoms with E-state index in [0.29, 0.717) is 11.7 Å². The van der Waals surface area contributed by atoms with Crippen LogP contribution in [0, 0.1) is 0 Å². The van der Waals surface area contributed by atoms with Crippen LogP contribution < -0.4 is 0 Å². The van der Waals surface area contributed by atoms with Gasteiger partial charge in [-0.1, -0.05) is 31.9 Å². The van der Waals surface area contributed by atoms with E-state index in [2.05, 4.69) is 17.8 Å². The fraction of sp³-hybridized carbons (Fsp3) is 0.643. The SMILES string of the molecule is CCCC/C=C/CCOCC(=O)ON1C(=O)CCC1=O. The van der Waals surface area contributed by atoms with Crippen molar-refractivity contribution in [1.29, 1.82) is 0 Å². The molecule has 1 heterocycles. The summed E-state index contributed by atoms with van der Waals surface area (Å²) in [5, 5.41) is 0.524. The zero-order chi connectivity index (χ0) is 14.8. The average Bonchev–Trinajstić information content (AvgIpc) is 2.73. The first kappa shape index (κ1) is 16.4. The maximum atomic E-state index is 11.4. The first-order chi connectivity index (χ1) is 9.65. The van der Waals surface area contributed by atoms with Crippen LogP contribution in [-0.4, -0.2) is 36.1 Å². The average molecular weight is 283 g/mol. The third kappa shape index (κ3) is 5.97. The van der Waals surface area contributed by atoms with Crippen molar-refractivity contribution in [3.05, 3.63) is 12.2 Å². The highest BCUT2D eigenvalue weighted by atomic mass is 16.7. The van der Waals surface area contributed by atoms with Gasteiger partial charge < -0.3 is 9.57 Å². The van der Waals surface area contributed by atoms with E-state index in [4.69, 9.17) is 4.74 Å². The standard InChI is InChI=1S/C14H21NO5/c1-2-3-4-5-6-7-10-19-11-14(18)20-15-12(16)8-9-13(15)17/h5-6H,2-4,7-11H2,1H3/b6-5+. The van der Waals surface area contributed by atoms with Gasteiger partial charge in [-0.15, -0.1) is 5.06 Å². The number of hydroxylamine groups is 2. The van der Waals surface area contributed by atoms with Gasteiger partial charge in [-0.05, 0) is 12.8 Å². The normalized spacial score (nSPS) is 15.3. The quantitative estimate of drug-likeness (QED) is 0.366. The number of amides is 2. The summed E-state index contributed by atoms with van der Waals surface area (Å²) in [7, 11) is 0. The molecule has 0 N–H and O–H groups in total. The molecule has 0 radical (unpaired) electrons. The molecule has 112 valence electrons. The number of carbonyl (C=O) groups is 3. The van der Waals surface area contributed by atoms with Crippen LogP contribution in [0.25, 0.3) is 0 Å². The van der Waals surface area contributed by atoms with Crippen LogP contribution in [0.3, 0.4) is 0 Å². The molecule has 0 aromatic carbocycles. The summed E-state index contributed by atoms with van der Waals surface area (Å²) in [4.78, 5) is 38.4. The summed E-state index contributed by atoms with van der Waals surface area (Å²) in [5.41, 5.74) is 0. The highest BCUT2D eigenvalue weighted by Gasteiger charge is 2.32. The van der Waals surface area contributed by atoms with Gasteiger partial charge in [0, 0.05) is 12.8 Å². The van der Waals surface area contributed by atoms with Crippen LogP contribution in [0.1, 0.15) is 45.4 Å². The maximum Gasteiger partial charge on any atom is 0.358 e. The van der Waals surface area contributed by atoms with E-state index < -0.39 is 17.8 Å². The Bertz CT molecular complexity index is 362. The van der Waals surface area contributed by atoms with E-state index in [-0.39, 0.29) is 19.4 Å². The second-order valence-corrected chi connectivity index (χ2v) is 4.50. The number of rotatable bonds is 9. The molecule has 1 rings (SSSR count). The van der Waals surface area contributed by atoms with Gasteiger partial charge in [-0.2, -0.15) is 0 Å². The van der Waals surface area contributed by atoms with Crippen molar-refractivity contribution in [2.75, 3.05) is 13.2 Å². The lowest BCUT2D eigenvalue weighted by Gasteiger charge is -2.12. The molecule has 1 fully saturated rings. The van der Waals surface area contributed by atoms with Crippen LogP contribution in [0.4, 0.5) is 0 Å². The predicted molar refractivity (Wildman–Crippen MR) is 71.3 cm³/mol. The molecule has 1 saturated heterocycles. The van der Waals surface area contributed by atoms with Gasteiger partial charge in [-0.25, -0.2) is 4.79 Å². The van der Waals surface area contributed by atoms with E-state index in [1.165, 1.54) is 12.8 Å². The van der Waals surface area contributed by atoms with Gasteiger partial charge in [0.15, 0.2) is 0 Å². The minimum atomic E-state index is -0.733. The highest BCUT2D eigenvalue weighted by molar-refractivity contribution is 6.01. The number of hydrogen-bond acceptors (Lipinski definition) is 5. The second kappa shape index (κ2) is 9.25. The number of hydrogen-bond donors (Lipinski definition) is 0. The van der Waals surface area contributed by atoms with Gasteiger partial charge in [0.05, 0.1) is 6.61 Å². The molecule has 0 spiro atoms. The summed E-state index contributed by atoms with van der Waals surface area (Å²) >= 11 is 0. The Morgan fingerprint density at radius 1 is 1.20 bits per heavy atom. The summed E-state index contributed by atoms with van der Waals surface area (Å²) in [5.74, 6) is -1.70. The summed E-state index contributed by atoms with van der Waals surface area (Å²) in [6.07, 6.45) is 8.39. The molecule has 0 atom stereocenters. The van der Waals surface area contributed by atoms with Crippen molar-refractivity contribution in [2.24, 2.45) is 0 Å². The number of ether oxygens (including phenoxy) is 1. The zero-order valence-corrected chi connectivity index (χ0v) is 11.8. The third-order valence-corrected chi connectivity index (χ3v) is 2.74. The fourth-order valence-corrected chi connectivity index (χ4v) is 1.65. The number of allylic oxidation sites excluding steroid dienone is 1. The van der Waals surface area contributed by atoms with Gasteiger partial charge >= 0.3 is 5.97 Å². The topological polar surface area (TPSA) is 72.9 Å². The first-order valence-electron chi connectivity index (χ1n) is 6.94. The van der Waals surface area contributed by atoms with Gasteiger partial charge in [-0.3, -0.25) is 9.59 Å².